The summed E-state index contributed by atoms with van der Waals surface area (Å²) >= 11 is 0. The van der Waals surface area contributed by atoms with Crippen molar-refractivity contribution in [3.63, 3.8) is 0 Å². The maximum Gasteiger partial charge on any atom is 0.573 e. The topological polar surface area (TPSA) is 75.8 Å². The molecule has 0 bridgehead atoms. The van der Waals surface area contributed by atoms with Gasteiger partial charge in [0, 0.05) is 31.3 Å². The number of pyridine rings is 1. The van der Waals surface area contributed by atoms with E-state index >= 15 is 0 Å². The Kier molecular flexibility index (Phi) is 7.10. The number of hydrogen-bond donors (Lipinski definition) is 2. The number of benzene rings is 1. The smallest absolute Gasteiger partial charge is 0.405 e. The van der Waals surface area contributed by atoms with E-state index in [-0.39, 0.29) is 12.3 Å². The van der Waals surface area contributed by atoms with Gasteiger partial charge in [-0.2, -0.15) is 0 Å². The molecule has 3 rings (SSSR count). The molecule has 0 unspecified atom stereocenters. The first-order valence-electron chi connectivity index (χ1n) is 9.61. The SMILES string of the molecule is CCNC(=NCc1ccccc1OC(F)(F)F)NCCCc1nnc2ccccn12. The minimum Gasteiger partial charge on any atom is -0.405 e. The first-order chi connectivity index (χ1) is 14.5. The third-order valence-electron chi connectivity index (χ3n) is 4.20. The average molecular weight is 420 g/mol. The molecule has 3 aromatic rings. The van der Waals surface area contributed by atoms with Crippen molar-refractivity contribution in [3.05, 3.63) is 60.0 Å². The molecule has 2 aromatic heterocycles. The van der Waals surface area contributed by atoms with Crippen LogP contribution in [0.15, 0.2) is 53.7 Å². The number of aromatic nitrogens is 3. The number of ether oxygens (including phenoxy) is 1. The molecule has 10 heteroatoms. The van der Waals surface area contributed by atoms with Crippen LogP contribution < -0.4 is 15.4 Å². The van der Waals surface area contributed by atoms with E-state index in [4.69, 9.17) is 0 Å². The summed E-state index contributed by atoms with van der Waals surface area (Å²) in [6.07, 6.45) is -1.31. The van der Waals surface area contributed by atoms with Crippen LogP contribution in [0.3, 0.4) is 0 Å². The van der Waals surface area contributed by atoms with Crippen LogP contribution >= 0.6 is 0 Å². The van der Waals surface area contributed by atoms with Crippen LogP contribution in [0.2, 0.25) is 0 Å². The summed E-state index contributed by atoms with van der Waals surface area (Å²) in [6, 6.07) is 11.7. The fraction of sp³-hybridized carbons (Fsp3) is 0.350. The number of aryl methyl sites for hydroxylation is 1. The van der Waals surface area contributed by atoms with Gasteiger partial charge in [0.05, 0.1) is 6.54 Å². The number of hydrogen-bond acceptors (Lipinski definition) is 4. The molecule has 0 aliphatic rings. The molecule has 0 spiro atoms. The lowest BCUT2D eigenvalue weighted by Gasteiger charge is -2.14. The van der Waals surface area contributed by atoms with Gasteiger partial charge in [0.15, 0.2) is 11.6 Å². The third kappa shape index (κ3) is 6.10. The van der Waals surface area contributed by atoms with Crippen molar-refractivity contribution in [3.8, 4) is 5.75 Å². The van der Waals surface area contributed by atoms with Gasteiger partial charge in [-0.15, -0.1) is 23.4 Å². The number of fused-ring (bicyclic) bond motifs is 1. The monoisotopic (exact) mass is 420 g/mol. The van der Waals surface area contributed by atoms with E-state index < -0.39 is 6.36 Å². The van der Waals surface area contributed by atoms with Crippen LogP contribution in [0.4, 0.5) is 13.2 Å². The number of rotatable bonds is 8. The summed E-state index contributed by atoms with van der Waals surface area (Å²) < 4.78 is 43.7. The van der Waals surface area contributed by atoms with Crippen LogP contribution in [0.1, 0.15) is 24.7 Å². The lowest BCUT2D eigenvalue weighted by Crippen LogP contribution is -2.37. The van der Waals surface area contributed by atoms with Gasteiger partial charge in [0.25, 0.3) is 0 Å². The van der Waals surface area contributed by atoms with Crippen molar-refractivity contribution >= 4 is 11.6 Å². The number of aliphatic imine (C=N–C) groups is 1. The van der Waals surface area contributed by atoms with Gasteiger partial charge in [-0.1, -0.05) is 24.3 Å². The first-order valence-corrected chi connectivity index (χ1v) is 9.61. The van der Waals surface area contributed by atoms with Crippen molar-refractivity contribution in [2.75, 3.05) is 13.1 Å². The van der Waals surface area contributed by atoms with Gasteiger partial charge in [-0.3, -0.25) is 4.40 Å². The summed E-state index contributed by atoms with van der Waals surface area (Å²) in [5, 5.41) is 14.6. The van der Waals surface area contributed by atoms with Gasteiger partial charge in [0.1, 0.15) is 11.6 Å². The van der Waals surface area contributed by atoms with Gasteiger partial charge >= 0.3 is 6.36 Å². The Bertz CT molecular complexity index is 986. The zero-order valence-electron chi connectivity index (χ0n) is 16.5. The fourth-order valence-electron chi connectivity index (χ4n) is 2.88. The highest BCUT2D eigenvalue weighted by Crippen LogP contribution is 2.26. The normalized spacial score (nSPS) is 12.2. The van der Waals surface area contributed by atoms with Gasteiger partial charge in [-0.25, -0.2) is 4.99 Å². The molecule has 0 saturated heterocycles. The molecule has 0 radical (unpaired) electrons. The van der Waals surface area contributed by atoms with E-state index in [1.54, 1.807) is 12.1 Å². The predicted molar refractivity (Wildman–Crippen MR) is 107 cm³/mol. The summed E-state index contributed by atoms with van der Waals surface area (Å²) in [5.41, 5.74) is 1.15. The predicted octanol–water partition coefficient (Wildman–Crippen LogP) is 3.32. The highest BCUT2D eigenvalue weighted by Gasteiger charge is 2.31. The molecule has 160 valence electrons. The Morgan fingerprint density at radius 1 is 1.10 bits per heavy atom. The maximum absolute atomic E-state index is 12.6. The Morgan fingerprint density at radius 3 is 2.70 bits per heavy atom. The van der Waals surface area contributed by atoms with E-state index in [9.17, 15) is 13.2 Å². The standard InChI is InChI=1S/C20H23F3N6O/c1-2-24-19(26-14-15-8-3-4-9-16(15)30-20(21,22)23)25-12-7-11-18-28-27-17-10-5-6-13-29(17)18/h3-6,8-10,13H,2,7,11-12,14H2,1H3,(H2,24,25,26). The lowest BCUT2D eigenvalue weighted by molar-refractivity contribution is -0.274. The minimum absolute atomic E-state index is 0.0520. The number of halogens is 3. The van der Waals surface area contributed by atoms with E-state index in [1.807, 2.05) is 35.7 Å². The molecule has 2 heterocycles. The van der Waals surface area contributed by atoms with Gasteiger partial charge in [-0.05, 0) is 31.5 Å². The summed E-state index contributed by atoms with van der Waals surface area (Å²) in [4.78, 5) is 4.37. The number of nitrogens with zero attached hydrogens (tertiary/aromatic N) is 4. The average Bonchev–Trinajstić information content (AvgIpc) is 3.12. The summed E-state index contributed by atoms with van der Waals surface area (Å²) in [5.74, 6) is 1.14. The zero-order valence-corrected chi connectivity index (χ0v) is 16.5. The maximum atomic E-state index is 12.6. The Morgan fingerprint density at radius 2 is 1.90 bits per heavy atom. The fourth-order valence-corrected chi connectivity index (χ4v) is 2.88. The summed E-state index contributed by atoms with van der Waals surface area (Å²) in [7, 11) is 0. The molecule has 0 aliphatic heterocycles. The van der Waals surface area contributed by atoms with Crippen molar-refractivity contribution in [2.45, 2.75) is 32.7 Å². The first kappa shape index (κ1) is 21.4. The lowest BCUT2D eigenvalue weighted by atomic mass is 10.2. The van der Waals surface area contributed by atoms with Crippen LogP contribution in [-0.2, 0) is 13.0 Å². The largest absolute Gasteiger partial charge is 0.573 e. The van der Waals surface area contributed by atoms with Crippen LogP contribution in [0.25, 0.3) is 5.65 Å². The molecular weight excluding hydrogens is 397 g/mol. The number of alkyl halides is 3. The number of para-hydroxylation sites is 1. The highest BCUT2D eigenvalue weighted by molar-refractivity contribution is 5.79. The van der Waals surface area contributed by atoms with E-state index in [0.717, 1.165) is 24.3 Å². The van der Waals surface area contributed by atoms with Crippen molar-refractivity contribution in [1.82, 2.24) is 25.2 Å². The molecule has 1 aromatic carbocycles. The van der Waals surface area contributed by atoms with Crippen molar-refractivity contribution in [2.24, 2.45) is 4.99 Å². The second-order valence-electron chi connectivity index (χ2n) is 6.43. The molecular formula is C20H23F3N6O. The Hall–Kier alpha value is -3.30. The van der Waals surface area contributed by atoms with Crippen LogP contribution in [0, 0.1) is 0 Å². The zero-order chi connectivity index (χ0) is 21.4. The Labute approximate surface area is 172 Å². The molecule has 0 saturated carbocycles. The van der Waals surface area contributed by atoms with Gasteiger partial charge < -0.3 is 15.4 Å². The van der Waals surface area contributed by atoms with Crippen molar-refractivity contribution < 1.29 is 17.9 Å². The molecule has 30 heavy (non-hydrogen) atoms. The van der Waals surface area contributed by atoms with Crippen LogP contribution in [-0.4, -0.2) is 40.0 Å². The van der Waals surface area contributed by atoms with Crippen LogP contribution in [0.5, 0.6) is 5.75 Å². The minimum atomic E-state index is -4.74. The molecule has 0 fully saturated rings. The highest BCUT2D eigenvalue weighted by atomic mass is 19.4. The molecule has 0 atom stereocenters. The van der Waals surface area contributed by atoms with E-state index in [1.165, 1.54) is 12.1 Å². The number of guanidine groups is 1. The van der Waals surface area contributed by atoms with E-state index in [0.29, 0.717) is 24.6 Å². The van der Waals surface area contributed by atoms with E-state index in [2.05, 4.69) is 30.6 Å². The van der Waals surface area contributed by atoms with Gasteiger partial charge in [0.2, 0.25) is 0 Å². The summed E-state index contributed by atoms with van der Waals surface area (Å²) in [6.45, 7) is 3.21. The third-order valence-corrected chi connectivity index (χ3v) is 4.20. The molecule has 0 aliphatic carbocycles. The molecule has 2 N–H and O–H groups in total. The second kappa shape index (κ2) is 9.95. The number of nitrogens with one attached hydrogen (secondary N) is 2. The quantitative estimate of drug-likeness (QED) is 0.332. The second-order valence-corrected chi connectivity index (χ2v) is 6.43. The molecule has 0 amide bonds. The Balaban J connectivity index is 1.56. The molecule has 7 nitrogen and oxygen atoms in total. The van der Waals surface area contributed by atoms with Crippen molar-refractivity contribution in [1.29, 1.82) is 0 Å².